The largest absolute Gasteiger partial charge is 0.195 e. The maximum absolute atomic E-state index is 12.3. The Morgan fingerprint density at radius 1 is 0.622 bits per heavy atom. The molecule has 0 saturated carbocycles. The highest BCUT2D eigenvalue weighted by atomic mass is 35.5. The lowest BCUT2D eigenvalue weighted by atomic mass is 10.2. The lowest BCUT2D eigenvalue weighted by Crippen LogP contribution is -1.77. The van der Waals surface area contributed by atoms with Gasteiger partial charge in [-0.05, 0) is 79.1 Å². The van der Waals surface area contributed by atoms with E-state index in [1.165, 1.54) is 36.9 Å². The van der Waals surface area contributed by atoms with Crippen molar-refractivity contribution in [1.82, 2.24) is 0 Å². The van der Waals surface area contributed by atoms with Gasteiger partial charge < -0.3 is 0 Å². The summed E-state index contributed by atoms with van der Waals surface area (Å²) < 4.78 is 13.2. The predicted octanol–water partition coefficient (Wildman–Crippen LogP) is 12.5. The molecule has 0 unspecified atom stereocenters. The molecule has 0 aliphatic rings. The van der Waals surface area contributed by atoms with Crippen molar-refractivity contribution in [2.24, 2.45) is 0 Å². The summed E-state index contributed by atoms with van der Waals surface area (Å²) in [4.78, 5) is 7.49. The second-order valence-corrected chi connectivity index (χ2v) is 14.9. The van der Waals surface area contributed by atoms with Crippen LogP contribution in [0.1, 0.15) is 108 Å². The molecular weight excluding hydrogens is 557 g/mol. The highest BCUT2D eigenvalue weighted by Gasteiger charge is 2.03. The zero-order valence-corrected chi connectivity index (χ0v) is 27.3. The fourth-order valence-corrected chi connectivity index (χ4v) is 6.25. The third-order valence-electron chi connectivity index (χ3n) is 4.96. The molecule has 4 aromatic heterocycles. The summed E-state index contributed by atoms with van der Waals surface area (Å²) >= 11 is 12.1. The molecule has 4 heterocycles. The molecule has 0 saturated heterocycles. The van der Waals surface area contributed by atoms with Crippen LogP contribution in [0.15, 0.2) is 48.5 Å². The molecule has 4 aromatic rings. The molecule has 4 rings (SSSR count). The molecule has 37 heavy (non-hydrogen) atoms. The monoisotopic (exact) mass is 595 g/mol. The zero-order chi connectivity index (χ0) is 28.1. The molecule has 1 nitrogen and oxygen atoms in total. The van der Waals surface area contributed by atoms with E-state index >= 15 is 0 Å². The first kappa shape index (κ1) is 33.5. The van der Waals surface area contributed by atoms with Crippen LogP contribution in [0.3, 0.4) is 0 Å². The van der Waals surface area contributed by atoms with Crippen LogP contribution in [0.25, 0.3) is 0 Å². The van der Waals surface area contributed by atoms with Gasteiger partial charge in [-0.3, -0.25) is 0 Å². The Labute approximate surface area is 244 Å². The van der Waals surface area contributed by atoms with Crippen molar-refractivity contribution in [3.63, 3.8) is 0 Å². The number of hydrogen-bond donors (Lipinski definition) is 0. The topological polar surface area (TPSA) is 23.8 Å². The van der Waals surface area contributed by atoms with E-state index in [1.54, 1.807) is 22.7 Å². The van der Waals surface area contributed by atoms with E-state index in [1.807, 2.05) is 35.6 Å². The number of hydrogen-bond acceptors (Lipinski definition) is 5. The zero-order valence-electron chi connectivity index (χ0n) is 23.3. The Hall–Kier alpha value is -1.49. The van der Waals surface area contributed by atoms with E-state index in [-0.39, 0.29) is 5.13 Å². The van der Waals surface area contributed by atoms with Gasteiger partial charge in [0.25, 0.3) is 0 Å². The van der Waals surface area contributed by atoms with E-state index < -0.39 is 0 Å². The van der Waals surface area contributed by atoms with Crippen LogP contribution in [0, 0.1) is 23.4 Å². The highest BCUT2D eigenvalue weighted by Crippen LogP contribution is 2.27. The van der Waals surface area contributed by atoms with Crippen molar-refractivity contribution in [3.8, 4) is 6.07 Å². The van der Waals surface area contributed by atoms with Crippen molar-refractivity contribution in [2.75, 3.05) is 0 Å². The number of rotatable bonds is 4. The maximum atomic E-state index is 12.3. The second-order valence-electron chi connectivity index (χ2n) is 9.66. The maximum Gasteiger partial charge on any atom is 0.176 e. The smallest absolute Gasteiger partial charge is 0.176 e. The first-order chi connectivity index (χ1) is 17.3. The summed E-state index contributed by atoms with van der Waals surface area (Å²) in [6, 6.07) is 17.8. The third-order valence-corrected chi connectivity index (χ3v) is 10.3. The first-order valence-electron chi connectivity index (χ1n) is 12.4. The number of halogens is 2. The average Bonchev–Trinajstić information content (AvgIpc) is 3.62. The van der Waals surface area contributed by atoms with Gasteiger partial charge in [-0.15, -0.1) is 45.3 Å². The Bertz CT molecular complexity index is 1100. The molecule has 202 valence electrons. The fraction of sp³-hybridized carbons (Fsp3) is 0.433. The third kappa shape index (κ3) is 13.2. The molecule has 0 aliphatic heterocycles. The highest BCUT2D eigenvalue weighted by molar-refractivity contribution is 7.16. The molecule has 0 aliphatic carbocycles. The molecular formula is C30H39ClFNS4. The van der Waals surface area contributed by atoms with E-state index in [0.29, 0.717) is 23.7 Å². The van der Waals surface area contributed by atoms with Crippen molar-refractivity contribution >= 4 is 56.9 Å². The number of nitriles is 1. The standard InChI is InChI=1S/C8H9NS.C8H12S.C7H9ClS.C7H9FS/c1-6(2)8-4-3-7(5-9)10-8;1-6(2)8-5-4-7(3)9-8;2*1-5(2)6-3-4-7(8)9-6/h3-4,6H,1-2H3;4-6H,1-3H3;2*3-5H,1-2H3. The van der Waals surface area contributed by atoms with Gasteiger partial charge in [-0.2, -0.15) is 9.65 Å². The normalized spacial score (nSPS) is 10.4. The Morgan fingerprint density at radius 2 is 1.05 bits per heavy atom. The molecule has 0 atom stereocenters. The van der Waals surface area contributed by atoms with Gasteiger partial charge in [0.1, 0.15) is 10.9 Å². The summed E-state index contributed by atoms with van der Waals surface area (Å²) in [6.07, 6.45) is 0. The van der Waals surface area contributed by atoms with Crippen LogP contribution in [0.2, 0.25) is 4.34 Å². The Morgan fingerprint density at radius 3 is 1.30 bits per heavy atom. The predicted molar refractivity (Wildman–Crippen MR) is 168 cm³/mol. The minimum absolute atomic E-state index is 0.0845. The summed E-state index contributed by atoms with van der Waals surface area (Å²) in [5.41, 5.74) is 0. The second kappa shape index (κ2) is 17.2. The van der Waals surface area contributed by atoms with Gasteiger partial charge >= 0.3 is 0 Å². The molecule has 0 aromatic carbocycles. The van der Waals surface area contributed by atoms with Crippen LogP contribution in [-0.2, 0) is 0 Å². The van der Waals surface area contributed by atoms with Crippen LogP contribution < -0.4 is 0 Å². The quantitative estimate of drug-likeness (QED) is 0.230. The van der Waals surface area contributed by atoms with Crippen LogP contribution >= 0.6 is 56.9 Å². The van der Waals surface area contributed by atoms with E-state index in [4.69, 9.17) is 16.9 Å². The lowest BCUT2D eigenvalue weighted by molar-refractivity contribution is 0.657. The summed E-state index contributed by atoms with van der Waals surface area (Å²) in [7, 11) is 0. The molecule has 0 bridgehead atoms. The molecule has 0 amide bonds. The summed E-state index contributed by atoms with van der Waals surface area (Å²) in [6.45, 7) is 19.3. The molecule has 0 fully saturated rings. The summed E-state index contributed by atoms with van der Waals surface area (Å²) in [5, 5.41) is 8.41. The molecule has 0 N–H and O–H groups in total. The number of thiophene rings is 4. The van der Waals surface area contributed by atoms with Crippen molar-refractivity contribution in [3.05, 3.63) is 87.3 Å². The Balaban J connectivity index is 0.000000247. The number of aryl methyl sites for hydroxylation is 1. The SMILES string of the molecule is CC(C)c1ccc(C#N)s1.CC(C)c1ccc(Cl)s1.CC(C)c1ccc(F)s1.Cc1ccc(C(C)C)s1. The van der Waals surface area contributed by atoms with Crippen LogP contribution in [0.5, 0.6) is 0 Å². The van der Waals surface area contributed by atoms with Crippen molar-refractivity contribution < 1.29 is 4.39 Å². The van der Waals surface area contributed by atoms with Crippen molar-refractivity contribution in [2.45, 2.75) is 86.0 Å². The first-order valence-corrected chi connectivity index (χ1v) is 16.0. The van der Waals surface area contributed by atoms with Gasteiger partial charge in [0, 0.05) is 24.4 Å². The van der Waals surface area contributed by atoms with E-state index in [0.717, 1.165) is 14.1 Å². The Kier molecular flexibility index (Phi) is 15.6. The van der Waals surface area contributed by atoms with Gasteiger partial charge in [-0.1, -0.05) is 67.0 Å². The van der Waals surface area contributed by atoms with E-state index in [2.05, 4.69) is 86.6 Å². The van der Waals surface area contributed by atoms with Gasteiger partial charge in [-0.25, -0.2) is 0 Å². The van der Waals surface area contributed by atoms with E-state index in [9.17, 15) is 4.39 Å². The minimum Gasteiger partial charge on any atom is -0.195 e. The molecule has 0 spiro atoms. The summed E-state index contributed by atoms with van der Waals surface area (Å²) in [5.74, 6) is 2.32. The fourth-order valence-electron chi connectivity index (χ4n) is 2.76. The van der Waals surface area contributed by atoms with Crippen molar-refractivity contribution in [1.29, 1.82) is 5.26 Å². The lowest BCUT2D eigenvalue weighted by Gasteiger charge is -1.96. The van der Waals surface area contributed by atoms with Gasteiger partial charge in [0.2, 0.25) is 0 Å². The van der Waals surface area contributed by atoms with Crippen LogP contribution in [0.4, 0.5) is 4.39 Å². The van der Waals surface area contributed by atoms with Gasteiger partial charge in [0.15, 0.2) is 5.13 Å². The average molecular weight is 596 g/mol. The molecule has 0 radical (unpaired) electrons. The number of nitrogens with zero attached hydrogens (tertiary/aromatic N) is 1. The minimum atomic E-state index is -0.0845. The van der Waals surface area contributed by atoms with Gasteiger partial charge in [0.05, 0.1) is 4.34 Å². The van der Waals surface area contributed by atoms with Crippen LogP contribution in [-0.4, -0.2) is 0 Å². The molecule has 7 heteroatoms.